The Bertz CT molecular complexity index is 819. The normalized spacial score (nSPS) is 18.2. The largest absolute Gasteiger partial charge is 0.391 e. The van der Waals surface area contributed by atoms with Crippen molar-refractivity contribution in [2.45, 2.75) is 12.6 Å². The molecule has 1 fully saturated rings. The van der Waals surface area contributed by atoms with Crippen LogP contribution in [0.15, 0.2) is 48.5 Å². The van der Waals surface area contributed by atoms with E-state index in [0.717, 1.165) is 5.56 Å². The Morgan fingerprint density at radius 2 is 1.96 bits per heavy atom. The number of nitrogens with zero attached hydrogens (tertiary/aromatic N) is 1. The van der Waals surface area contributed by atoms with Crippen molar-refractivity contribution in [1.82, 2.24) is 10.6 Å². The number of hydrogen-bond acceptors (Lipinski definition) is 6. The molecule has 150 valence electrons. The molecule has 0 spiro atoms. The monoisotopic (exact) mass is 406 g/mol. The fourth-order valence-corrected chi connectivity index (χ4v) is 3.02. The summed E-state index contributed by atoms with van der Waals surface area (Å²) in [5, 5.41) is 30.0. The first kappa shape index (κ1) is 21.6. The first-order chi connectivity index (χ1) is 13.0. The molecule has 4 N–H and O–H groups in total. The van der Waals surface area contributed by atoms with E-state index in [0.29, 0.717) is 31.9 Å². The van der Waals surface area contributed by atoms with Gasteiger partial charge >= 0.3 is 0 Å². The van der Waals surface area contributed by atoms with Gasteiger partial charge in [-0.05, 0) is 17.7 Å². The van der Waals surface area contributed by atoms with E-state index < -0.39 is 16.9 Å². The summed E-state index contributed by atoms with van der Waals surface area (Å²) in [5.41, 5.74) is 1.42. The smallest absolute Gasteiger partial charge is 0.293 e. The number of halogens is 1. The number of hydrogen-bond donors (Lipinski definition) is 4. The number of nitro groups is 1. The summed E-state index contributed by atoms with van der Waals surface area (Å²) in [4.78, 5) is 23.2. The molecule has 1 saturated heterocycles. The summed E-state index contributed by atoms with van der Waals surface area (Å²) in [6, 6.07) is 13.9. The minimum Gasteiger partial charge on any atom is -0.391 e. The molecule has 2 unspecified atom stereocenters. The van der Waals surface area contributed by atoms with Crippen molar-refractivity contribution < 1.29 is 14.8 Å². The van der Waals surface area contributed by atoms with E-state index in [4.69, 9.17) is 0 Å². The fraction of sp³-hybridized carbons (Fsp3) is 0.316. The van der Waals surface area contributed by atoms with E-state index in [1.165, 1.54) is 6.07 Å². The van der Waals surface area contributed by atoms with Crippen molar-refractivity contribution in [1.29, 1.82) is 0 Å². The highest BCUT2D eigenvalue weighted by atomic mass is 35.5. The van der Waals surface area contributed by atoms with E-state index >= 15 is 0 Å². The predicted octanol–water partition coefficient (Wildman–Crippen LogP) is 1.94. The van der Waals surface area contributed by atoms with Gasteiger partial charge in [0.25, 0.3) is 11.6 Å². The molecule has 0 aromatic heterocycles. The Balaban J connectivity index is 0.00000280. The van der Waals surface area contributed by atoms with E-state index in [1.54, 1.807) is 12.1 Å². The minimum absolute atomic E-state index is 0. The minimum atomic E-state index is -0.505. The van der Waals surface area contributed by atoms with Crippen LogP contribution in [0.4, 0.5) is 11.4 Å². The SMILES string of the molecule is Cl.O=C(NCC1CNCC1O)c1ccc(NCc2ccccc2)c([N+](=O)[O-])c1. The lowest BCUT2D eigenvalue weighted by molar-refractivity contribution is -0.384. The molecule has 28 heavy (non-hydrogen) atoms. The number of nitrogens with one attached hydrogen (secondary N) is 3. The molecule has 1 aliphatic heterocycles. The third-order valence-corrected chi connectivity index (χ3v) is 4.61. The van der Waals surface area contributed by atoms with E-state index in [2.05, 4.69) is 16.0 Å². The molecule has 2 atom stereocenters. The van der Waals surface area contributed by atoms with E-state index in [-0.39, 0.29) is 29.6 Å². The molecule has 0 aliphatic carbocycles. The summed E-state index contributed by atoms with van der Waals surface area (Å²) in [6.45, 7) is 1.90. The second-order valence-corrected chi connectivity index (χ2v) is 6.52. The first-order valence-electron chi connectivity index (χ1n) is 8.78. The van der Waals surface area contributed by atoms with Crippen LogP contribution in [0.1, 0.15) is 15.9 Å². The molecule has 1 heterocycles. The Kier molecular flexibility index (Phi) is 7.74. The highest BCUT2D eigenvalue weighted by molar-refractivity contribution is 5.95. The standard InChI is InChI=1S/C19H22N4O4.ClH/c24-18-12-20-10-15(18)11-22-19(25)14-6-7-16(17(8-14)23(26)27)21-9-13-4-2-1-3-5-13;/h1-8,15,18,20-21,24H,9-12H2,(H,22,25);1H. The zero-order valence-corrected chi connectivity index (χ0v) is 15.9. The van der Waals surface area contributed by atoms with Gasteiger partial charge < -0.3 is 21.1 Å². The van der Waals surface area contributed by atoms with Gasteiger partial charge in [-0.15, -0.1) is 12.4 Å². The van der Waals surface area contributed by atoms with Crippen LogP contribution in [0.25, 0.3) is 0 Å². The Morgan fingerprint density at radius 3 is 2.61 bits per heavy atom. The van der Waals surface area contributed by atoms with Gasteiger partial charge in [0, 0.05) is 43.7 Å². The van der Waals surface area contributed by atoms with Gasteiger partial charge in [-0.25, -0.2) is 0 Å². The molecule has 0 bridgehead atoms. The number of β-amino-alcohol motifs (C(OH)–C–C–N with tert-alkyl or cyclic N) is 1. The summed E-state index contributed by atoms with van der Waals surface area (Å²) in [7, 11) is 0. The van der Waals surface area contributed by atoms with Crippen LogP contribution in [0.3, 0.4) is 0 Å². The average molecular weight is 407 g/mol. The van der Waals surface area contributed by atoms with Crippen molar-refractivity contribution in [3.8, 4) is 0 Å². The maximum Gasteiger partial charge on any atom is 0.293 e. The highest BCUT2D eigenvalue weighted by Gasteiger charge is 2.25. The van der Waals surface area contributed by atoms with Crippen LogP contribution in [-0.4, -0.2) is 41.7 Å². The Hall–Kier alpha value is -2.68. The second-order valence-electron chi connectivity index (χ2n) is 6.52. The van der Waals surface area contributed by atoms with Crippen molar-refractivity contribution in [2.75, 3.05) is 25.0 Å². The van der Waals surface area contributed by atoms with Crippen LogP contribution < -0.4 is 16.0 Å². The van der Waals surface area contributed by atoms with Crippen LogP contribution in [-0.2, 0) is 6.54 Å². The van der Waals surface area contributed by atoms with Crippen LogP contribution >= 0.6 is 12.4 Å². The quantitative estimate of drug-likeness (QED) is 0.412. The van der Waals surface area contributed by atoms with Crippen molar-refractivity contribution >= 4 is 29.7 Å². The lowest BCUT2D eigenvalue weighted by Crippen LogP contribution is -2.34. The molecule has 2 aromatic rings. The average Bonchev–Trinajstić information content (AvgIpc) is 3.10. The summed E-state index contributed by atoms with van der Waals surface area (Å²) in [6.07, 6.45) is -0.496. The maximum absolute atomic E-state index is 12.3. The Labute approximate surface area is 168 Å². The lowest BCUT2D eigenvalue weighted by atomic mass is 10.1. The first-order valence-corrected chi connectivity index (χ1v) is 8.78. The molecule has 8 nitrogen and oxygen atoms in total. The van der Waals surface area contributed by atoms with Crippen molar-refractivity contribution in [3.05, 3.63) is 69.8 Å². The highest BCUT2D eigenvalue weighted by Crippen LogP contribution is 2.26. The molecule has 1 aliphatic rings. The number of benzene rings is 2. The molecule has 3 rings (SSSR count). The zero-order chi connectivity index (χ0) is 19.2. The number of aliphatic hydroxyl groups is 1. The fourth-order valence-electron chi connectivity index (χ4n) is 3.02. The van der Waals surface area contributed by atoms with Crippen LogP contribution in [0.2, 0.25) is 0 Å². The number of amides is 1. The summed E-state index contributed by atoms with van der Waals surface area (Å²) >= 11 is 0. The van der Waals surface area contributed by atoms with Gasteiger partial charge in [-0.3, -0.25) is 14.9 Å². The van der Waals surface area contributed by atoms with Gasteiger partial charge in [-0.1, -0.05) is 30.3 Å². The van der Waals surface area contributed by atoms with Gasteiger partial charge in [0.15, 0.2) is 0 Å². The zero-order valence-electron chi connectivity index (χ0n) is 15.1. The summed E-state index contributed by atoms with van der Waals surface area (Å²) < 4.78 is 0. The molecule has 0 radical (unpaired) electrons. The topological polar surface area (TPSA) is 117 Å². The molecule has 1 amide bonds. The van der Waals surface area contributed by atoms with Crippen LogP contribution in [0.5, 0.6) is 0 Å². The number of nitro benzene ring substituents is 1. The molecule has 0 saturated carbocycles. The van der Waals surface area contributed by atoms with Crippen molar-refractivity contribution in [2.24, 2.45) is 5.92 Å². The molecular weight excluding hydrogens is 384 g/mol. The number of carbonyl (C=O) groups is 1. The maximum atomic E-state index is 12.3. The third-order valence-electron chi connectivity index (χ3n) is 4.61. The van der Waals surface area contributed by atoms with Gasteiger partial charge in [0.2, 0.25) is 0 Å². The van der Waals surface area contributed by atoms with Gasteiger partial charge in [0.1, 0.15) is 5.69 Å². The van der Waals surface area contributed by atoms with Gasteiger partial charge in [0.05, 0.1) is 11.0 Å². The van der Waals surface area contributed by atoms with E-state index in [1.807, 2.05) is 30.3 Å². The van der Waals surface area contributed by atoms with Crippen molar-refractivity contribution in [3.63, 3.8) is 0 Å². The molecular formula is C19H23ClN4O4. The summed E-state index contributed by atoms with van der Waals surface area (Å²) in [5.74, 6) is -0.456. The molecule has 9 heteroatoms. The molecule has 2 aromatic carbocycles. The Morgan fingerprint density at radius 1 is 1.21 bits per heavy atom. The number of anilines is 1. The third kappa shape index (κ3) is 5.41. The van der Waals surface area contributed by atoms with Gasteiger partial charge in [-0.2, -0.15) is 0 Å². The van der Waals surface area contributed by atoms with Crippen LogP contribution in [0, 0.1) is 16.0 Å². The number of rotatable bonds is 7. The van der Waals surface area contributed by atoms with E-state index in [9.17, 15) is 20.0 Å². The predicted molar refractivity (Wildman–Crippen MR) is 109 cm³/mol. The number of aliphatic hydroxyl groups excluding tert-OH is 1. The lowest BCUT2D eigenvalue weighted by Gasteiger charge is -2.14. The second kappa shape index (κ2) is 10.0. The number of carbonyl (C=O) groups excluding carboxylic acids is 1.